The van der Waals surface area contributed by atoms with Crippen LogP contribution in [0.4, 0.5) is 5.69 Å². The van der Waals surface area contributed by atoms with E-state index in [4.69, 9.17) is 4.74 Å². The minimum atomic E-state index is -0.535. The van der Waals surface area contributed by atoms with E-state index in [1.165, 1.54) is 12.1 Å². The lowest BCUT2D eigenvalue weighted by Gasteiger charge is -2.41. The molecule has 0 aliphatic carbocycles. The molecule has 1 aromatic rings. The molecule has 148 valence electrons. The number of ether oxygens (including phenoxy) is 1. The van der Waals surface area contributed by atoms with Gasteiger partial charge in [0.05, 0.1) is 11.5 Å². The zero-order chi connectivity index (χ0) is 18.5. The fourth-order valence-corrected chi connectivity index (χ4v) is 3.40. The maximum atomic E-state index is 12.5. The van der Waals surface area contributed by atoms with Crippen molar-refractivity contribution in [2.75, 3.05) is 39.3 Å². The standard InChI is InChI=1S/C17H22N4O5.ClH/c22-16-10-18-7-9-20(16)13-4-3-8-19(11-13)17(23)12-26-15-6-2-1-5-14(15)21(24)25;/h1-2,5-6,13,18H,3-4,7-12H2;1H. The van der Waals surface area contributed by atoms with Crippen molar-refractivity contribution in [1.82, 2.24) is 15.1 Å². The Hall–Kier alpha value is -2.39. The van der Waals surface area contributed by atoms with Crippen molar-refractivity contribution < 1.29 is 19.2 Å². The molecule has 2 aliphatic rings. The first kappa shape index (κ1) is 20.9. The number of nitrogens with one attached hydrogen (secondary N) is 1. The molecule has 2 saturated heterocycles. The number of likely N-dealkylation sites (tertiary alicyclic amines) is 1. The molecule has 1 N–H and O–H groups in total. The van der Waals surface area contributed by atoms with Crippen LogP contribution in [-0.2, 0) is 9.59 Å². The summed E-state index contributed by atoms with van der Waals surface area (Å²) < 4.78 is 5.39. The predicted molar refractivity (Wildman–Crippen MR) is 100 cm³/mol. The third kappa shape index (κ3) is 5.08. The van der Waals surface area contributed by atoms with Crippen LogP contribution in [0.15, 0.2) is 24.3 Å². The molecule has 0 radical (unpaired) electrons. The molecule has 1 atom stereocenters. The van der Waals surface area contributed by atoms with Gasteiger partial charge in [-0.1, -0.05) is 12.1 Å². The average molecular weight is 399 g/mol. The number of benzene rings is 1. The van der Waals surface area contributed by atoms with Crippen molar-refractivity contribution in [3.05, 3.63) is 34.4 Å². The third-order valence-corrected chi connectivity index (χ3v) is 4.73. The van der Waals surface area contributed by atoms with Crippen LogP contribution in [0.3, 0.4) is 0 Å². The molecule has 3 rings (SSSR count). The van der Waals surface area contributed by atoms with Crippen LogP contribution < -0.4 is 10.1 Å². The molecule has 0 bridgehead atoms. The van der Waals surface area contributed by atoms with Crippen molar-refractivity contribution in [3.8, 4) is 5.75 Å². The molecular weight excluding hydrogens is 376 g/mol. The highest BCUT2D eigenvalue weighted by Gasteiger charge is 2.31. The number of carbonyl (C=O) groups is 2. The van der Waals surface area contributed by atoms with E-state index in [9.17, 15) is 19.7 Å². The van der Waals surface area contributed by atoms with E-state index in [1.807, 2.05) is 4.90 Å². The van der Waals surface area contributed by atoms with Crippen LogP contribution in [0.2, 0.25) is 0 Å². The highest BCUT2D eigenvalue weighted by Crippen LogP contribution is 2.26. The number of carbonyl (C=O) groups excluding carboxylic acids is 2. The Balaban J connectivity index is 0.00000261. The van der Waals surface area contributed by atoms with Gasteiger partial charge in [-0.3, -0.25) is 19.7 Å². The van der Waals surface area contributed by atoms with Gasteiger partial charge < -0.3 is 19.9 Å². The van der Waals surface area contributed by atoms with Crippen LogP contribution in [-0.4, -0.2) is 71.9 Å². The van der Waals surface area contributed by atoms with Crippen LogP contribution in [0.25, 0.3) is 0 Å². The molecule has 0 spiro atoms. The summed E-state index contributed by atoms with van der Waals surface area (Å²) in [7, 11) is 0. The van der Waals surface area contributed by atoms with Crippen LogP contribution in [0.1, 0.15) is 12.8 Å². The van der Waals surface area contributed by atoms with E-state index in [0.29, 0.717) is 26.2 Å². The number of hydrogen-bond donors (Lipinski definition) is 1. The minimum Gasteiger partial charge on any atom is -0.477 e. The summed E-state index contributed by atoms with van der Waals surface area (Å²) >= 11 is 0. The first-order valence-corrected chi connectivity index (χ1v) is 8.70. The molecule has 9 nitrogen and oxygen atoms in total. The van der Waals surface area contributed by atoms with Crippen molar-refractivity contribution >= 4 is 29.9 Å². The summed E-state index contributed by atoms with van der Waals surface area (Å²) in [4.78, 5) is 38.5. The predicted octanol–water partition coefficient (Wildman–Crippen LogP) is 0.818. The Morgan fingerprint density at radius 1 is 1.33 bits per heavy atom. The lowest BCUT2D eigenvalue weighted by atomic mass is 10.0. The number of rotatable bonds is 5. The Labute approximate surface area is 163 Å². The summed E-state index contributed by atoms with van der Waals surface area (Å²) in [6, 6.07) is 6.01. The number of nitrogens with zero attached hydrogens (tertiary/aromatic N) is 3. The topological polar surface area (TPSA) is 105 Å². The van der Waals surface area contributed by atoms with Gasteiger partial charge in [-0.25, -0.2) is 0 Å². The van der Waals surface area contributed by atoms with Gasteiger partial charge in [0.15, 0.2) is 12.4 Å². The third-order valence-electron chi connectivity index (χ3n) is 4.73. The van der Waals surface area contributed by atoms with Crippen molar-refractivity contribution in [2.24, 2.45) is 0 Å². The van der Waals surface area contributed by atoms with Crippen LogP contribution >= 0.6 is 12.4 Å². The Morgan fingerprint density at radius 2 is 2.11 bits per heavy atom. The van der Waals surface area contributed by atoms with Crippen molar-refractivity contribution in [1.29, 1.82) is 0 Å². The first-order chi connectivity index (χ1) is 12.6. The molecule has 2 heterocycles. The first-order valence-electron chi connectivity index (χ1n) is 8.70. The number of piperidine rings is 1. The maximum absolute atomic E-state index is 12.5. The van der Waals surface area contributed by atoms with Gasteiger partial charge in [-0.05, 0) is 18.9 Å². The zero-order valence-electron chi connectivity index (χ0n) is 14.8. The largest absolute Gasteiger partial charge is 0.477 e. The Bertz CT molecular complexity index is 702. The molecule has 2 aliphatic heterocycles. The van der Waals surface area contributed by atoms with Crippen LogP contribution in [0.5, 0.6) is 5.75 Å². The van der Waals surface area contributed by atoms with E-state index in [1.54, 1.807) is 17.0 Å². The second kappa shape index (κ2) is 9.52. The Kier molecular flexibility index (Phi) is 7.37. The lowest BCUT2D eigenvalue weighted by Crippen LogP contribution is -2.57. The fraction of sp³-hybridized carbons (Fsp3) is 0.529. The molecule has 1 unspecified atom stereocenters. The highest BCUT2D eigenvalue weighted by atomic mass is 35.5. The number of nitro groups is 1. The molecular formula is C17H23ClN4O5. The van der Waals surface area contributed by atoms with Gasteiger partial charge in [0.2, 0.25) is 5.91 Å². The van der Waals surface area contributed by atoms with Crippen molar-refractivity contribution in [3.63, 3.8) is 0 Å². The normalized spacial score (nSPS) is 20.0. The molecule has 2 fully saturated rings. The van der Waals surface area contributed by atoms with Crippen molar-refractivity contribution in [2.45, 2.75) is 18.9 Å². The molecule has 27 heavy (non-hydrogen) atoms. The van der Waals surface area contributed by atoms with E-state index in [2.05, 4.69) is 5.32 Å². The average Bonchev–Trinajstić information content (AvgIpc) is 2.66. The van der Waals surface area contributed by atoms with E-state index in [-0.39, 0.29) is 48.3 Å². The van der Waals surface area contributed by atoms with Gasteiger partial charge in [0, 0.05) is 38.3 Å². The van der Waals surface area contributed by atoms with E-state index in [0.717, 1.165) is 19.4 Å². The summed E-state index contributed by atoms with van der Waals surface area (Å²) in [5, 5.41) is 14.0. The number of nitro benzene ring substituents is 1. The number of halogens is 1. The second-order valence-corrected chi connectivity index (χ2v) is 6.41. The zero-order valence-corrected chi connectivity index (χ0v) is 15.7. The smallest absolute Gasteiger partial charge is 0.310 e. The molecule has 2 amide bonds. The number of para-hydroxylation sites is 2. The fourth-order valence-electron chi connectivity index (χ4n) is 3.40. The maximum Gasteiger partial charge on any atom is 0.310 e. The monoisotopic (exact) mass is 398 g/mol. The van der Waals surface area contributed by atoms with Gasteiger partial charge in [-0.2, -0.15) is 0 Å². The minimum absolute atomic E-state index is 0. The summed E-state index contributed by atoms with van der Waals surface area (Å²) in [6.07, 6.45) is 1.69. The van der Waals surface area contributed by atoms with E-state index >= 15 is 0 Å². The summed E-state index contributed by atoms with van der Waals surface area (Å²) in [5.74, 6) is -0.0844. The number of piperazine rings is 1. The summed E-state index contributed by atoms with van der Waals surface area (Å²) in [6.45, 7) is 2.58. The van der Waals surface area contributed by atoms with Gasteiger partial charge in [0.1, 0.15) is 0 Å². The highest BCUT2D eigenvalue weighted by molar-refractivity contribution is 5.85. The molecule has 0 saturated carbocycles. The van der Waals surface area contributed by atoms with Gasteiger partial charge in [-0.15, -0.1) is 12.4 Å². The van der Waals surface area contributed by atoms with Gasteiger partial charge >= 0.3 is 5.69 Å². The Morgan fingerprint density at radius 3 is 2.85 bits per heavy atom. The van der Waals surface area contributed by atoms with Gasteiger partial charge in [0.25, 0.3) is 5.91 Å². The SMILES string of the molecule is Cl.O=C(COc1ccccc1[N+](=O)[O-])N1CCCC(N2CCNCC2=O)C1. The van der Waals surface area contributed by atoms with Crippen LogP contribution in [0, 0.1) is 10.1 Å². The molecule has 1 aromatic carbocycles. The lowest BCUT2D eigenvalue weighted by molar-refractivity contribution is -0.385. The number of amides is 2. The number of hydrogen-bond acceptors (Lipinski definition) is 6. The molecule has 10 heteroatoms. The second-order valence-electron chi connectivity index (χ2n) is 6.41. The summed E-state index contributed by atoms with van der Waals surface area (Å²) in [5.41, 5.74) is -0.164. The van der Waals surface area contributed by atoms with E-state index < -0.39 is 4.92 Å². The quantitative estimate of drug-likeness (QED) is 0.581. The molecule has 0 aromatic heterocycles.